The molecule has 0 spiro atoms. The summed E-state index contributed by atoms with van der Waals surface area (Å²) in [4.78, 5) is 5.11. The molecule has 1 heterocycles. The van der Waals surface area contributed by atoms with E-state index in [1.54, 1.807) is 0 Å². The molecule has 1 aliphatic rings. The number of nitrogens with zero attached hydrogens (tertiary/aromatic N) is 2. The number of halogens is 1. The fourth-order valence-corrected chi connectivity index (χ4v) is 3.00. The zero-order valence-corrected chi connectivity index (χ0v) is 13.0. The number of piperazine rings is 1. The number of hydrogen-bond acceptors (Lipinski definition) is 2. The van der Waals surface area contributed by atoms with E-state index >= 15 is 0 Å². The summed E-state index contributed by atoms with van der Waals surface area (Å²) >= 11 is 3.52. The Morgan fingerprint density at radius 3 is 2.39 bits per heavy atom. The largest absolute Gasteiger partial charge is 0.300 e. The SMILES string of the molecule is Cc1ccc(C)c(CN2CCN(CCBr)CC2)c1. The Hall–Kier alpha value is -0.380. The highest BCUT2D eigenvalue weighted by atomic mass is 79.9. The lowest BCUT2D eigenvalue weighted by Crippen LogP contribution is -2.46. The Labute approximate surface area is 119 Å². The molecule has 0 aliphatic carbocycles. The van der Waals surface area contributed by atoms with E-state index in [1.165, 1.54) is 49.4 Å². The van der Waals surface area contributed by atoms with Crippen molar-refractivity contribution < 1.29 is 0 Å². The Balaban J connectivity index is 1.89. The standard InChI is InChI=1S/C15H23BrN2/c1-13-3-4-14(2)15(11-13)12-18-9-7-17(6-5-16)8-10-18/h3-4,11H,5-10,12H2,1-2H3. The first kappa shape index (κ1) is 14.0. The zero-order chi connectivity index (χ0) is 13.0. The van der Waals surface area contributed by atoms with E-state index in [0.29, 0.717) is 0 Å². The van der Waals surface area contributed by atoms with Gasteiger partial charge in [-0.3, -0.25) is 9.80 Å². The highest BCUT2D eigenvalue weighted by molar-refractivity contribution is 9.09. The van der Waals surface area contributed by atoms with Crippen molar-refractivity contribution in [2.75, 3.05) is 38.1 Å². The summed E-state index contributed by atoms with van der Waals surface area (Å²) in [5.74, 6) is 0. The van der Waals surface area contributed by atoms with Gasteiger partial charge in [0.05, 0.1) is 0 Å². The molecule has 0 N–H and O–H groups in total. The van der Waals surface area contributed by atoms with Crippen molar-refractivity contribution in [2.24, 2.45) is 0 Å². The third-order valence-electron chi connectivity index (χ3n) is 3.76. The monoisotopic (exact) mass is 310 g/mol. The van der Waals surface area contributed by atoms with Crippen LogP contribution in [0.2, 0.25) is 0 Å². The van der Waals surface area contributed by atoms with Crippen LogP contribution in [0.25, 0.3) is 0 Å². The lowest BCUT2D eigenvalue weighted by molar-refractivity contribution is 0.133. The lowest BCUT2D eigenvalue weighted by Gasteiger charge is -2.34. The van der Waals surface area contributed by atoms with Crippen LogP contribution in [0.15, 0.2) is 18.2 Å². The van der Waals surface area contributed by atoms with E-state index < -0.39 is 0 Å². The summed E-state index contributed by atoms with van der Waals surface area (Å²) in [5.41, 5.74) is 4.28. The van der Waals surface area contributed by atoms with Gasteiger partial charge in [-0.15, -0.1) is 0 Å². The molecule has 0 atom stereocenters. The first-order chi connectivity index (χ1) is 8.69. The van der Waals surface area contributed by atoms with Gasteiger partial charge in [0.1, 0.15) is 0 Å². The molecular weight excluding hydrogens is 288 g/mol. The van der Waals surface area contributed by atoms with Gasteiger partial charge >= 0.3 is 0 Å². The Kier molecular flexibility index (Phi) is 5.22. The molecule has 0 amide bonds. The van der Waals surface area contributed by atoms with E-state index in [-0.39, 0.29) is 0 Å². The molecule has 2 rings (SSSR count). The van der Waals surface area contributed by atoms with E-state index in [4.69, 9.17) is 0 Å². The van der Waals surface area contributed by atoms with Crippen molar-refractivity contribution in [3.63, 3.8) is 0 Å². The first-order valence-electron chi connectivity index (χ1n) is 6.76. The van der Waals surface area contributed by atoms with Crippen molar-refractivity contribution in [3.8, 4) is 0 Å². The molecule has 0 bridgehead atoms. The lowest BCUT2D eigenvalue weighted by atomic mass is 10.0. The number of rotatable bonds is 4. The van der Waals surface area contributed by atoms with Gasteiger partial charge in [0.25, 0.3) is 0 Å². The summed E-state index contributed by atoms with van der Waals surface area (Å²) in [6.07, 6.45) is 0. The Morgan fingerprint density at radius 2 is 1.72 bits per heavy atom. The van der Waals surface area contributed by atoms with Crippen LogP contribution in [0.3, 0.4) is 0 Å². The quantitative estimate of drug-likeness (QED) is 0.789. The summed E-state index contributed by atoms with van der Waals surface area (Å²) in [7, 11) is 0. The molecule has 1 aromatic carbocycles. The third-order valence-corrected chi connectivity index (χ3v) is 4.12. The maximum atomic E-state index is 3.52. The number of alkyl halides is 1. The molecule has 2 nitrogen and oxygen atoms in total. The molecule has 1 fully saturated rings. The average Bonchev–Trinajstić information content (AvgIpc) is 2.37. The van der Waals surface area contributed by atoms with Gasteiger partial charge in [0, 0.05) is 44.6 Å². The van der Waals surface area contributed by atoms with Gasteiger partial charge in [0.2, 0.25) is 0 Å². The second-order valence-electron chi connectivity index (χ2n) is 5.24. The molecule has 0 aromatic heterocycles. The van der Waals surface area contributed by atoms with Gasteiger partial charge in [-0.1, -0.05) is 39.7 Å². The van der Waals surface area contributed by atoms with Gasteiger partial charge in [-0.2, -0.15) is 0 Å². The highest BCUT2D eigenvalue weighted by Crippen LogP contribution is 2.14. The van der Waals surface area contributed by atoms with Crippen LogP contribution in [-0.2, 0) is 6.54 Å². The van der Waals surface area contributed by atoms with Crippen LogP contribution >= 0.6 is 15.9 Å². The average molecular weight is 311 g/mol. The molecular formula is C15H23BrN2. The van der Waals surface area contributed by atoms with Gasteiger partial charge in [-0.25, -0.2) is 0 Å². The minimum Gasteiger partial charge on any atom is -0.300 e. The maximum absolute atomic E-state index is 3.52. The summed E-state index contributed by atoms with van der Waals surface area (Å²) in [6.45, 7) is 11.5. The van der Waals surface area contributed by atoms with E-state index in [2.05, 4.69) is 57.8 Å². The Morgan fingerprint density at radius 1 is 1.06 bits per heavy atom. The molecule has 1 aromatic rings. The third kappa shape index (κ3) is 3.81. The number of benzene rings is 1. The summed E-state index contributed by atoms with van der Waals surface area (Å²) < 4.78 is 0. The van der Waals surface area contributed by atoms with Gasteiger partial charge in [0.15, 0.2) is 0 Å². The van der Waals surface area contributed by atoms with Crippen molar-refractivity contribution in [3.05, 3.63) is 34.9 Å². The highest BCUT2D eigenvalue weighted by Gasteiger charge is 2.16. The topological polar surface area (TPSA) is 6.48 Å². The molecule has 1 aliphatic heterocycles. The minimum atomic E-state index is 1.09. The second kappa shape index (κ2) is 6.69. The molecule has 3 heteroatoms. The van der Waals surface area contributed by atoms with Crippen LogP contribution in [0.1, 0.15) is 16.7 Å². The second-order valence-corrected chi connectivity index (χ2v) is 6.03. The zero-order valence-electron chi connectivity index (χ0n) is 11.5. The molecule has 0 radical (unpaired) electrons. The van der Waals surface area contributed by atoms with Crippen molar-refractivity contribution in [2.45, 2.75) is 20.4 Å². The van der Waals surface area contributed by atoms with Crippen LogP contribution in [0.5, 0.6) is 0 Å². The first-order valence-corrected chi connectivity index (χ1v) is 7.88. The number of hydrogen-bond donors (Lipinski definition) is 0. The summed E-state index contributed by atoms with van der Waals surface area (Å²) in [6, 6.07) is 6.78. The van der Waals surface area contributed by atoms with Crippen LogP contribution in [-0.4, -0.2) is 47.9 Å². The van der Waals surface area contributed by atoms with Crippen molar-refractivity contribution >= 4 is 15.9 Å². The summed E-state index contributed by atoms with van der Waals surface area (Å²) in [5, 5.41) is 1.09. The predicted octanol–water partition coefficient (Wildman–Crippen LogP) is 2.82. The minimum absolute atomic E-state index is 1.09. The van der Waals surface area contributed by atoms with Gasteiger partial charge in [-0.05, 0) is 25.0 Å². The normalized spacial score (nSPS) is 18.2. The van der Waals surface area contributed by atoms with Crippen molar-refractivity contribution in [1.29, 1.82) is 0 Å². The van der Waals surface area contributed by atoms with Crippen LogP contribution in [0, 0.1) is 13.8 Å². The molecule has 1 saturated heterocycles. The number of aryl methyl sites for hydroxylation is 2. The van der Waals surface area contributed by atoms with E-state index in [0.717, 1.165) is 11.9 Å². The van der Waals surface area contributed by atoms with Crippen molar-refractivity contribution in [1.82, 2.24) is 9.80 Å². The predicted molar refractivity (Wildman–Crippen MR) is 81.4 cm³/mol. The molecule has 0 unspecified atom stereocenters. The van der Waals surface area contributed by atoms with Crippen LogP contribution < -0.4 is 0 Å². The fourth-order valence-electron chi connectivity index (χ4n) is 2.50. The smallest absolute Gasteiger partial charge is 0.0237 e. The Bertz CT molecular complexity index is 384. The molecule has 18 heavy (non-hydrogen) atoms. The fraction of sp³-hybridized carbons (Fsp3) is 0.600. The van der Waals surface area contributed by atoms with Crippen LogP contribution in [0.4, 0.5) is 0 Å². The maximum Gasteiger partial charge on any atom is 0.0237 e. The molecule has 100 valence electrons. The van der Waals surface area contributed by atoms with E-state index in [1.807, 2.05) is 0 Å². The van der Waals surface area contributed by atoms with E-state index in [9.17, 15) is 0 Å². The van der Waals surface area contributed by atoms with Gasteiger partial charge < -0.3 is 0 Å². The molecule has 0 saturated carbocycles.